The van der Waals surface area contributed by atoms with Crippen molar-refractivity contribution < 1.29 is 8.42 Å². The maximum absolute atomic E-state index is 11.2. The zero-order chi connectivity index (χ0) is 13.0. The molecule has 0 aliphatic heterocycles. The van der Waals surface area contributed by atoms with Crippen LogP contribution in [0.1, 0.15) is 24.3 Å². The average molecular weight is 268 g/mol. The third-order valence-corrected chi connectivity index (χ3v) is 4.89. The molecular weight excluding hydrogens is 248 g/mol. The topological polar surface area (TPSA) is 58.2 Å². The maximum atomic E-state index is 11.2. The lowest BCUT2D eigenvalue weighted by Gasteiger charge is -2.36. The fourth-order valence-electron chi connectivity index (χ4n) is 2.28. The van der Waals surface area contributed by atoms with Gasteiger partial charge in [-0.3, -0.25) is 0 Å². The van der Waals surface area contributed by atoms with Crippen LogP contribution in [-0.4, -0.2) is 33.8 Å². The Morgan fingerprint density at radius 2 is 1.89 bits per heavy atom. The van der Waals surface area contributed by atoms with E-state index in [1.807, 2.05) is 6.07 Å². The molecule has 0 unspecified atom stereocenters. The molecular formula is C13H20N2O2S. The summed E-state index contributed by atoms with van der Waals surface area (Å²) >= 11 is 0. The molecule has 2 N–H and O–H groups in total. The summed E-state index contributed by atoms with van der Waals surface area (Å²) in [6, 6.07) is 10.9. The van der Waals surface area contributed by atoms with Crippen molar-refractivity contribution >= 4 is 10.0 Å². The van der Waals surface area contributed by atoms with E-state index in [2.05, 4.69) is 34.3 Å². The molecule has 0 saturated heterocycles. The van der Waals surface area contributed by atoms with Gasteiger partial charge in [0.1, 0.15) is 0 Å². The van der Waals surface area contributed by atoms with Crippen LogP contribution in [0, 0.1) is 0 Å². The molecule has 0 spiro atoms. The first-order chi connectivity index (χ1) is 8.61. The summed E-state index contributed by atoms with van der Waals surface area (Å²) in [5.74, 6) is 0.778. The molecule has 1 saturated carbocycles. The van der Waals surface area contributed by atoms with Gasteiger partial charge in [-0.25, -0.2) is 13.1 Å². The first-order valence-corrected chi connectivity index (χ1v) is 7.95. The van der Waals surface area contributed by atoms with Crippen molar-refractivity contribution in [2.75, 3.05) is 19.3 Å². The van der Waals surface area contributed by atoms with Gasteiger partial charge < -0.3 is 5.32 Å². The van der Waals surface area contributed by atoms with Crippen molar-refractivity contribution in [3.05, 3.63) is 35.9 Å². The van der Waals surface area contributed by atoms with Gasteiger partial charge in [-0.2, -0.15) is 0 Å². The Morgan fingerprint density at radius 3 is 2.50 bits per heavy atom. The van der Waals surface area contributed by atoms with Gasteiger partial charge in [-0.15, -0.1) is 0 Å². The summed E-state index contributed by atoms with van der Waals surface area (Å²) < 4.78 is 24.8. The van der Waals surface area contributed by atoms with Crippen LogP contribution in [0.25, 0.3) is 0 Å². The Hall–Kier alpha value is -0.910. The van der Waals surface area contributed by atoms with Crippen molar-refractivity contribution in [1.29, 1.82) is 0 Å². The molecule has 1 fully saturated rings. The van der Waals surface area contributed by atoms with E-state index in [4.69, 9.17) is 0 Å². The van der Waals surface area contributed by atoms with Crippen molar-refractivity contribution in [2.24, 2.45) is 0 Å². The predicted octanol–water partition coefficient (Wildman–Crippen LogP) is 1.07. The van der Waals surface area contributed by atoms with Crippen molar-refractivity contribution in [3.8, 4) is 0 Å². The highest BCUT2D eigenvalue weighted by Crippen LogP contribution is 2.36. The fraction of sp³-hybridized carbons (Fsp3) is 0.538. The highest BCUT2D eigenvalue weighted by atomic mass is 32.2. The molecule has 18 heavy (non-hydrogen) atoms. The van der Waals surface area contributed by atoms with Gasteiger partial charge in [0.15, 0.2) is 0 Å². The molecule has 0 bridgehead atoms. The van der Waals surface area contributed by atoms with Gasteiger partial charge in [0.2, 0.25) is 10.0 Å². The number of rotatable bonds is 6. The number of hydrogen-bond acceptors (Lipinski definition) is 3. The zero-order valence-electron chi connectivity index (χ0n) is 10.6. The monoisotopic (exact) mass is 268 g/mol. The summed E-state index contributed by atoms with van der Waals surface area (Å²) in [5, 5.41) is 3.29. The average Bonchev–Trinajstić information content (AvgIpc) is 2.33. The zero-order valence-corrected chi connectivity index (χ0v) is 11.4. The van der Waals surface area contributed by atoms with E-state index in [9.17, 15) is 8.42 Å². The molecule has 4 nitrogen and oxygen atoms in total. The Morgan fingerprint density at radius 1 is 1.22 bits per heavy atom. The fourth-order valence-corrected chi connectivity index (χ4v) is 2.87. The molecule has 2 rings (SSSR count). The highest BCUT2D eigenvalue weighted by molar-refractivity contribution is 7.89. The Kier molecular flexibility index (Phi) is 4.37. The number of hydrogen-bond donors (Lipinski definition) is 2. The lowest BCUT2D eigenvalue weighted by molar-refractivity contribution is 0.296. The standard InChI is InChI=1S/C13H20N2O2S/c1-14-18(16,17)8-7-15-13-9-12(10-13)11-5-3-2-4-6-11/h2-6,12-15H,7-10H2,1H3. The Balaban J connectivity index is 1.68. The van der Waals surface area contributed by atoms with Gasteiger partial charge in [0.25, 0.3) is 0 Å². The minimum absolute atomic E-state index is 0.149. The number of nitrogens with one attached hydrogen (secondary N) is 2. The van der Waals surface area contributed by atoms with E-state index in [1.165, 1.54) is 12.6 Å². The maximum Gasteiger partial charge on any atom is 0.212 e. The molecule has 1 aliphatic carbocycles. The van der Waals surface area contributed by atoms with Crippen LogP contribution in [0.4, 0.5) is 0 Å². The molecule has 0 atom stereocenters. The van der Waals surface area contributed by atoms with E-state index >= 15 is 0 Å². The van der Waals surface area contributed by atoms with Crippen LogP contribution >= 0.6 is 0 Å². The lowest BCUT2D eigenvalue weighted by Crippen LogP contribution is -2.42. The smallest absolute Gasteiger partial charge is 0.212 e. The van der Waals surface area contributed by atoms with E-state index in [0.29, 0.717) is 18.5 Å². The second-order valence-electron chi connectivity index (χ2n) is 4.75. The summed E-state index contributed by atoms with van der Waals surface area (Å²) in [5.41, 5.74) is 1.39. The molecule has 100 valence electrons. The second kappa shape index (κ2) is 5.82. The molecule has 0 aromatic heterocycles. The number of sulfonamides is 1. The predicted molar refractivity (Wildman–Crippen MR) is 73.1 cm³/mol. The number of benzene rings is 1. The van der Waals surface area contributed by atoms with Crippen LogP contribution in [-0.2, 0) is 10.0 Å². The normalized spacial score (nSPS) is 23.6. The molecule has 1 aromatic carbocycles. The van der Waals surface area contributed by atoms with Crippen molar-refractivity contribution in [1.82, 2.24) is 10.0 Å². The van der Waals surface area contributed by atoms with E-state index in [-0.39, 0.29) is 5.75 Å². The third-order valence-electron chi connectivity index (χ3n) is 3.52. The van der Waals surface area contributed by atoms with E-state index < -0.39 is 10.0 Å². The molecule has 0 amide bonds. The van der Waals surface area contributed by atoms with E-state index in [1.54, 1.807) is 0 Å². The van der Waals surface area contributed by atoms with Gasteiger partial charge in [-0.1, -0.05) is 30.3 Å². The van der Waals surface area contributed by atoms with Crippen LogP contribution in [0.5, 0.6) is 0 Å². The third kappa shape index (κ3) is 3.54. The summed E-state index contributed by atoms with van der Waals surface area (Å²) in [4.78, 5) is 0. The van der Waals surface area contributed by atoms with Crippen LogP contribution < -0.4 is 10.0 Å². The van der Waals surface area contributed by atoms with Crippen LogP contribution in [0.15, 0.2) is 30.3 Å². The SMILES string of the molecule is CNS(=O)(=O)CCNC1CC(c2ccccc2)C1. The van der Waals surface area contributed by atoms with Crippen molar-refractivity contribution in [2.45, 2.75) is 24.8 Å². The minimum atomic E-state index is -3.08. The molecule has 1 aromatic rings. The first kappa shape index (κ1) is 13.5. The van der Waals surface area contributed by atoms with E-state index in [0.717, 1.165) is 12.8 Å². The van der Waals surface area contributed by atoms with Gasteiger partial charge in [-0.05, 0) is 31.4 Å². The highest BCUT2D eigenvalue weighted by Gasteiger charge is 2.29. The first-order valence-electron chi connectivity index (χ1n) is 6.30. The molecule has 5 heteroatoms. The van der Waals surface area contributed by atoms with Crippen LogP contribution in [0.3, 0.4) is 0 Å². The summed E-state index contributed by atoms with van der Waals surface area (Å²) in [6.07, 6.45) is 2.20. The van der Waals surface area contributed by atoms with Gasteiger partial charge in [0, 0.05) is 12.6 Å². The Labute approximate surface area is 109 Å². The van der Waals surface area contributed by atoms with Crippen LogP contribution in [0.2, 0.25) is 0 Å². The quantitative estimate of drug-likeness (QED) is 0.811. The van der Waals surface area contributed by atoms with Crippen molar-refractivity contribution in [3.63, 3.8) is 0 Å². The molecule has 0 heterocycles. The minimum Gasteiger partial charge on any atom is -0.313 e. The van der Waals surface area contributed by atoms with Gasteiger partial charge in [0.05, 0.1) is 5.75 Å². The van der Waals surface area contributed by atoms with Gasteiger partial charge >= 0.3 is 0 Å². The largest absolute Gasteiger partial charge is 0.313 e. The molecule has 0 radical (unpaired) electrons. The summed E-state index contributed by atoms with van der Waals surface area (Å²) in [6.45, 7) is 0.523. The second-order valence-corrected chi connectivity index (χ2v) is 6.80. The molecule has 1 aliphatic rings. The Bertz CT molecular complexity index is 467. The lowest BCUT2D eigenvalue weighted by atomic mass is 9.76. The summed E-state index contributed by atoms with van der Waals surface area (Å²) in [7, 11) is -1.63.